The fourth-order valence-corrected chi connectivity index (χ4v) is 1.19. The van der Waals surface area contributed by atoms with Gasteiger partial charge < -0.3 is 9.15 Å². The van der Waals surface area contributed by atoms with Crippen LogP contribution in [0.25, 0.3) is 11.5 Å². The largest absolute Gasteiger partial charge is 0.479 e. The highest BCUT2D eigenvalue weighted by Crippen LogP contribution is 2.24. The number of ether oxygens (including phenoxy) is 1. The van der Waals surface area contributed by atoms with Gasteiger partial charge in [-0.1, -0.05) is 0 Å². The molecule has 0 atom stereocenters. The maximum atomic E-state index is 5.43. The molecule has 0 amide bonds. The van der Waals surface area contributed by atoms with Crippen LogP contribution in [0.3, 0.4) is 0 Å². The lowest BCUT2D eigenvalue weighted by molar-refractivity contribution is 0.388. The number of hydrogen-bond acceptors (Lipinski definition) is 4. The number of methoxy groups -OCH3 is 1. The van der Waals surface area contributed by atoms with Crippen molar-refractivity contribution in [1.82, 2.24) is 9.97 Å². The Balaban J connectivity index is 2.43. The van der Waals surface area contributed by atoms with Crippen LogP contribution < -0.4 is 4.74 Å². The van der Waals surface area contributed by atoms with E-state index in [1.54, 1.807) is 19.5 Å². The lowest BCUT2D eigenvalue weighted by Gasteiger charge is -1.91. The molecule has 0 aromatic carbocycles. The van der Waals surface area contributed by atoms with E-state index in [1.807, 2.05) is 19.1 Å². The molecule has 4 heteroatoms. The van der Waals surface area contributed by atoms with Crippen LogP contribution in [0.5, 0.6) is 5.88 Å². The summed E-state index contributed by atoms with van der Waals surface area (Å²) < 4.78 is 10.5. The Kier molecular flexibility index (Phi) is 2.18. The zero-order chi connectivity index (χ0) is 9.97. The third-order valence-electron chi connectivity index (χ3n) is 1.87. The van der Waals surface area contributed by atoms with Gasteiger partial charge in [-0.3, -0.25) is 4.98 Å². The SMILES string of the molecule is COc1nc(-c2ccncc2)oc1C. The summed E-state index contributed by atoms with van der Waals surface area (Å²) in [4.78, 5) is 8.10. The molecule has 2 aromatic heterocycles. The van der Waals surface area contributed by atoms with E-state index in [1.165, 1.54) is 0 Å². The third kappa shape index (κ3) is 1.46. The van der Waals surface area contributed by atoms with Gasteiger partial charge in [0.2, 0.25) is 5.89 Å². The molecule has 72 valence electrons. The number of pyridine rings is 1. The Labute approximate surface area is 81.6 Å². The maximum absolute atomic E-state index is 5.43. The number of aromatic nitrogens is 2. The van der Waals surface area contributed by atoms with Gasteiger partial charge in [0.15, 0.2) is 5.76 Å². The summed E-state index contributed by atoms with van der Waals surface area (Å²) in [5.41, 5.74) is 0.895. The fourth-order valence-electron chi connectivity index (χ4n) is 1.19. The number of oxazole rings is 1. The summed E-state index contributed by atoms with van der Waals surface area (Å²) in [6.45, 7) is 1.82. The second-order valence-corrected chi connectivity index (χ2v) is 2.82. The first-order valence-electron chi connectivity index (χ1n) is 4.23. The van der Waals surface area contributed by atoms with Gasteiger partial charge >= 0.3 is 0 Å². The summed E-state index contributed by atoms with van der Waals surface area (Å²) >= 11 is 0. The van der Waals surface area contributed by atoms with Crippen molar-refractivity contribution in [3.05, 3.63) is 30.3 Å². The smallest absolute Gasteiger partial charge is 0.256 e. The average Bonchev–Trinajstić information content (AvgIpc) is 2.61. The molecule has 0 fully saturated rings. The van der Waals surface area contributed by atoms with Gasteiger partial charge in [0, 0.05) is 18.0 Å². The van der Waals surface area contributed by atoms with E-state index in [2.05, 4.69) is 9.97 Å². The second-order valence-electron chi connectivity index (χ2n) is 2.82. The standard InChI is InChI=1S/C10H10N2O2/c1-7-9(13-2)12-10(14-7)8-3-5-11-6-4-8/h3-6H,1-2H3. The van der Waals surface area contributed by atoms with Crippen molar-refractivity contribution < 1.29 is 9.15 Å². The van der Waals surface area contributed by atoms with E-state index < -0.39 is 0 Å². The normalized spacial score (nSPS) is 10.1. The van der Waals surface area contributed by atoms with E-state index >= 15 is 0 Å². The van der Waals surface area contributed by atoms with E-state index in [4.69, 9.17) is 9.15 Å². The first-order chi connectivity index (χ1) is 6.81. The van der Waals surface area contributed by atoms with Crippen molar-refractivity contribution >= 4 is 0 Å². The first-order valence-corrected chi connectivity index (χ1v) is 4.23. The van der Waals surface area contributed by atoms with Gasteiger partial charge in [0.05, 0.1) is 7.11 Å². The van der Waals surface area contributed by atoms with Crippen LogP contribution in [-0.4, -0.2) is 17.1 Å². The van der Waals surface area contributed by atoms with Gasteiger partial charge in [-0.25, -0.2) is 0 Å². The number of hydrogen-bond donors (Lipinski definition) is 0. The van der Waals surface area contributed by atoms with E-state index in [-0.39, 0.29) is 0 Å². The first kappa shape index (κ1) is 8.74. The van der Waals surface area contributed by atoms with Crippen molar-refractivity contribution in [2.45, 2.75) is 6.92 Å². The predicted molar refractivity (Wildman–Crippen MR) is 51.0 cm³/mol. The molecule has 14 heavy (non-hydrogen) atoms. The molecule has 2 aromatic rings. The molecule has 0 aliphatic heterocycles. The van der Waals surface area contributed by atoms with Gasteiger partial charge in [0.1, 0.15) is 0 Å². The van der Waals surface area contributed by atoms with Crippen LogP contribution in [0.2, 0.25) is 0 Å². The Hall–Kier alpha value is -1.84. The molecule has 0 unspecified atom stereocenters. The van der Waals surface area contributed by atoms with Crippen molar-refractivity contribution in [3.8, 4) is 17.3 Å². The number of aryl methyl sites for hydroxylation is 1. The molecule has 0 saturated carbocycles. The molecular formula is C10H10N2O2. The van der Waals surface area contributed by atoms with Gasteiger partial charge in [-0.15, -0.1) is 0 Å². The Morgan fingerprint density at radius 3 is 2.57 bits per heavy atom. The van der Waals surface area contributed by atoms with Crippen LogP contribution in [-0.2, 0) is 0 Å². The summed E-state index contributed by atoms with van der Waals surface area (Å²) in [6, 6.07) is 3.68. The molecule has 4 nitrogen and oxygen atoms in total. The van der Waals surface area contributed by atoms with Crippen molar-refractivity contribution in [2.75, 3.05) is 7.11 Å². The summed E-state index contributed by atoms with van der Waals surface area (Å²) in [5, 5.41) is 0. The molecular weight excluding hydrogens is 180 g/mol. The lowest BCUT2D eigenvalue weighted by atomic mass is 10.3. The molecule has 0 bridgehead atoms. The highest BCUT2D eigenvalue weighted by molar-refractivity contribution is 5.52. The van der Waals surface area contributed by atoms with Crippen molar-refractivity contribution in [1.29, 1.82) is 0 Å². The van der Waals surface area contributed by atoms with Crippen LogP contribution >= 0.6 is 0 Å². The summed E-state index contributed by atoms with van der Waals surface area (Å²) in [6.07, 6.45) is 3.39. The van der Waals surface area contributed by atoms with Crippen molar-refractivity contribution in [3.63, 3.8) is 0 Å². The van der Waals surface area contributed by atoms with Gasteiger partial charge in [-0.2, -0.15) is 4.98 Å². The van der Waals surface area contributed by atoms with Crippen LogP contribution in [0, 0.1) is 6.92 Å². The molecule has 0 spiro atoms. The lowest BCUT2D eigenvalue weighted by Crippen LogP contribution is -1.84. The van der Waals surface area contributed by atoms with E-state index in [9.17, 15) is 0 Å². The number of rotatable bonds is 2. The third-order valence-corrected chi connectivity index (χ3v) is 1.87. The minimum absolute atomic E-state index is 0.525. The van der Waals surface area contributed by atoms with Gasteiger partial charge in [0.25, 0.3) is 5.88 Å². The molecule has 0 saturated heterocycles. The Morgan fingerprint density at radius 1 is 1.29 bits per heavy atom. The van der Waals surface area contributed by atoms with Crippen LogP contribution in [0.1, 0.15) is 5.76 Å². The molecule has 0 N–H and O–H groups in total. The topological polar surface area (TPSA) is 48.2 Å². The Bertz CT molecular complexity index is 423. The van der Waals surface area contributed by atoms with Crippen LogP contribution in [0.4, 0.5) is 0 Å². The maximum Gasteiger partial charge on any atom is 0.256 e. The van der Waals surface area contributed by atoms with Crippen molar-refractivity contribution in [2.24, 2.45) is 0 Å². The zero-order valence-corrected chi connectivity index (χ0v) is 8.02. The molecule has 2 rings (SSSR count). The zero-order valence-electron chi connectivity index (χ0n) is 8.02. The minimum atomic E-state index is 0.525. The average molecular weight is 190 g/mol. The quantitative estimate of drug-likeness (QED) is 0.727. The highest BCUT2D eigenvalue weighted by Gasteiger charge is 2.10. The fraction of sp³-hybridized carbons (Fsp3) is 0.200. The van der Waals surface area contributed by atoms with E-state index in [0.717, 1.165) is 5.56 Å². The summed E-state index contributed by atoms with van der Waals surface area (Å²) in [7, 11) is 1.57. The van der Waals surface area contributed by atoms with Gasteiger partial charge in [-0.05, 0) is 19.1 Å². The molecule has 0 radical (unpaired) electrons. The molecule has 0 aliphatic carbocycles. The number of nitrogens with zero attached hydrogens (tertiary/aromatic N) is 2. The second kappa shape index (κ2) is 3.49. The monoisotopic (exact) mass is 190 g/mol. The molecule has 2 heterocycles. The highest BCUT2D eigenvalue weighted by atomic mass is 16.5. The minimum Gasteiger partial charge on any atom is -0.479 e. The van der Waals surface area contributed by atoms with Crippen LogP contribution in [0.15, 0.2) is 28.9 Å². The predicted octanol–water partition coefficient (Wildman–Crippen LogP) is 2.05. The Morgan fingerprint density at radius 2 is 2.00 bits per heavy atom. The van der Waals surface area contributed by atoms with E-state index in [0.29, 0.717) is 17.5 Å². The summed E-state index contributed by atoms with van der Waals surface area (Å²) in [5.74, 6) is 1.76. The molecule has 0 aliphatic rings.